The van der Waals surface area contributed by atoms with Gasteiger partial charge in [0.05, 0.1) is 19.7 Å². The molecular formula is C13H9Br2Cl2NO. The van der Waals surface area contributed by atoms with E-state index in [0.29, 0.717) is 21.5 Å². The molecule has 0 bridgehead atoms. The second-order valence-electron chi connectivity index (χ2n) is 3.81. The van der Waals surface area contributed by atoms with Crippen LogP contribution in [0.5, 0.6) is 5.75 Å². The molecule has 2 nitrogen and oxygen atoms in total. The Balaban J connectivity index is 2.24. The molecule has 6 heteroatoms. The molecule has 0 spiro atoms. The minimum absolute atomic E-state index is 0.283. The zero-order valence-electron chi connectivity index (χ0n) is 9.59. The number of rotatable bonds is 3. The minimum Gasteiger partial charge on any atom is -0.486 e. The summed E-state index contributed by atoms with van der Waals surface area (Å²) in [5, 5.41) is 0.999. The van der Waals surface area contributed by atoms with E-state index >= 15 is 0 Å². The summed E-state index contributed by atoms with van der Waals surface area (Å²) in [6.45, 7) is 0.283. The Labute approximate surface area is 138 Å². The van der Waals surface area contributed by atoms with Crippen molar-refractivity contribution < 1.29 is 4.74 Å². The predicted octanol–water partition coefficient (Wildman–Crippen LogP) is 5.68. The highest BCUT2D eigenvalue weighted by molar-refractivity contribution is 9.11. The smallest absolute Gasteiger partial charge is 0.148 e. The highest BCUT2D eigenvalue weighted by Crippen LogP contribution is 2.35. The van der Waals surface area contributed by atoms with Gasteiger partial charge < -0.3 is 10.5 Å². The number of para-hydroxylation sites is 1. The third-order valence-electron chi connectivity index (χ3n) is 2.43. The first-order valence-corrected chi connectivity index (χ1v) is 7.63. The number of nitrogens with two attached hydrogens (primary N) is 1. The van der Waals surface area contributed by atoms with Gasteiger partial charge in [0, 0.05) is 10.6 Å². The van der Waals surface area contributed by atoms with Crippen LogP contribution in [0.4, 0.5) is 5.69 Å². The van der Waals surface area contributed by atoms with Crippen LogP contribution in [-0.4, -0.2) is 0 Å². The Morgan fingerprint density at radius 1 is 1.11 bits per heavy atom. The minimum atomic E-state index is 0.283. The number of hydrogen-bond acceptors (Lipinski definition) is 2. The van der Waals surface area contributed by atoms with Gasteiger partial charge in [-0.1, -0.05) is 29.3 Å². The fourth-order valence-electron chi connectivity index (χ4n) is 1.54. The lowest BCUT2D eigenvalue weighted by Crippen LogP contribution is -2.00. The summed E-state index contributed by atoms with van der Waals surface area (Å²) in [7, 11) is 0. The molecule has 0 aliphatic carbocycles. The molecule has 0 amide bonds. The molecule has 0 heterocycles. The van der Waals surface area contributed by atoms with Gasteiger partial charge in [-0.05, 0) is 56.1 Å². The van der Waals surface area contributed by atoms with Crippen LogP contribution < -0.4 is 10.5 Å². The largest absolute Gasteiger partial charge is 0.486 e. The summed E-state index contributed by atoms with van der Waals surface area (Å²) in [4.78, 5) is 0. The van der Waals surface area contributed by atoms with Crippen molar-refractivity contribution in [2.75, 3.05) is 5.73 Å². The molecule has 19 heavy (non-hydrogen) atoms. The van der Waals surface area contributed by atoms with Crippen molar-refractivity contribution in [2.24, 2.45) is 0 Å². The molecule has 0 aliphatic rings. The van der Waals surface area contributed by atoms with E-state index in [4.69, 9.17) is 33.7 Å². The van der Waals surface area contributed by atoms with Crippen LogP contribution in [0.1, 0.15) is 5.56 Å². The van der Waals surface area contributed by atoms with E-state index in [1.165, 1.54) is 0 Å². The lowest BCUT2D eigenvalue weighted by atomic mass is 10.2. The zero-order chi connectivity index (χ0) is 14.0. The molecule has 0 saturated heterocycles. The number of benzene rings is 2. The van der Waals surface area contributed by atoms with E-state index in [-0.39, 0.29) is 6.61 Å². The van der Waals surface area contributed by atoms with Crippen LogP contribution in [-0.2, 0) is 6.61 Å². The Kier molecular flexibility index (Phi) is 5.01. The first kappa shape index (κ1) is 15.0. The van der Waals surface area contributed by atoms with Crippen LogP contribution >= 0.6 is 55.1 Å². The zero-order valence-corrected chi connectivity index (χ0v) is 14.3. The Morgan fingerprint density at radius 3 is 2.37 bits per heavy atom. The molecule has 0 aliphatic heterocycles. The number of ether oxygens (including phenoxy) is 1. The first-order valence-electron chi connectivity index (χ1n) is 5.29. The highest BCUT2D eigenvalue weighted by Gasteiger charge is 2.10. The van der Waals surface area contributed by atoms with E-state index in [1.54, 1.807) is 12.1 Å². The van der Waals surface area contributed by atoms with Crippen LogP contribution in [0.15, 0.2) is 39.3 Å². The Morgan fingerprint density at radius 2 is 1.74 bits per heavy atom. The molecule has 2 aromatic carbocycles. The standard InChI is InChI=1S/C13H9Br2Cl2NO/c14-9-2-1-3-10(15)13(9)19-6-7-4-8(16)5-11(18)12(7)17/h1-5H,6,18H2. The maximum atomic E-state index is 6.12. The molecule has 0 saturated carbocycles. The summed E-state index contributed by atoms with van der Waals surface area (Å²) in [6.07, 6.45) is 0. The lowest BCUT2D eigenvalue weighted by Gasteiger charge is -2.12. The van der Waals surface area contributed by atoms with Gasteiger partial charge >= 0.3 is 0 Å². The van der Waals surface area contributed by atoms with Gasteiger partial charge in [0.1, 0.15) is 12.4 Å². The molecule has 2 N–H and O–H groups in total. The molecule has 2 aromatic rings. The van der Waals surface area contributed by atoms with Crippen molar-refractivity contribution >= 4 is 60.7 Å². The maximum absolute atomic E-state index is 6.12. The normalized spacial score (nSPS) is 10.5. The fraction of sp³-hybridized carbons (Fsp3) is 0.0769. The second-order valence-corrected chi connectivity index (χ2v) is 6.33. The maximum Gasteiger partial charge on any atom is 0.148 e. The summed E-state index contributed by atoms with van der Waals surface area (Å²) < 4.78 is 7.46. The van der Waals surface area contributed by atoms with Crippen molar-refractivity contribution in [3.05, 3.63) is 54.9 Å². The molecule has 2 rings (SSSR count). The van der Waals surface area contributed by atoms with Crippen LogP contribution in [0.2, 0.25) is 10.0 Å². The van der Waals surface area contributed by atoms with Gasteiger partial charge in [-0.3, -0.25) is 0 Å². The van der Waals surface area contributed by atoms with Gasteiger partial charge in [-0.15, -0.1) is 0 Å². The van der Waals surface area contributed by atoms with Gasteiger partial charge in [-0.2, -0.15) is 0 Å². The van der Waals surface area contributed by atoms with E-state index in [9.17, 15) is 0 Å². The summed E-state index contributed by atoms with van der Waals surface area (Å²) in [5.41, 5.74) is 6.95. The molecule has 0 fully saturated rings. The average molecular weight is 426 g/mol. The molecule has 100 valence electrons. The summed E-state index contributed by atoms with van der Waals surface area (Å²) in [5.74, 6) is 0.706. The molecule has 0 aromatic heterocycles. The van der Waals surface area contributed by atoms with Gasteiger partial charge in [0.15, 0.2) is 0 Å². The van der Waals surface area contributed by atoms with E-state index in [0.717, 1.165) is 14.5 Å². The van der Waals surface area contributed by atoms with E-state index in [2.05, 4.69) is 31.9 Å². The predicted molar refractivity (Wildman–Crippen MR) is 87.0 cm³/mol. The summed E-state index contributed by atoms with van der Waals surface area (Å²) in [6, 6.07) is 9.06. The van der Waals surface area contributed by atoms with Crippen LogP contribution in [0.25, 0.3) is 0 Å². The second kappa shape index (κ2) is 6.35. The van der Waals surface area contributed by atoms with Crippen LogP contribution in [0.3, 0.4) is 0 Å². The Hall–Kier alpha value is -0.420. The van der Waals surface area contributed by atoms with Crippen molar-refractivity contribution in [1.82, 2.24) is 0 Å². The third-order valence-corrected chi connectivity index (χ3v) is 4.36. The summed E-state index contributed by atoms with van der Waals surface area (Å²) >= 11 is 18.9. The van der Waals surface area contributed by atoms with Crippen molar-refractivity contribution in [2.45, 2.75) is 6.61 Å². The molecular weight excluding hydrogens is 417 g/mol. The molecule has 0 unspecified atom stereocenters. The highest BCUT2D eigenvalue weighted by atomic mass is 79.9. The topological polar surface area (TPSA) is 35.2 Å². The van der Waals surface area contributed by atoms with E-state index in [1.807, 2.05) is 18.2 Å². The Bertz CT molecular complexity index is 600. The van der Waals surface area contributed by atoms with Gasteiger partial charge in [-0.25, -0.2) is 0 Å². The quantitative estimate of drug-likeness (QED) is 0.642. The first-order chi connectivity index (χ1) is 8.99. The monoisotopic (exact) mass is 423 g/mol. The number of anilines is 1. The van der Waals surface area contributed by atoms with Crippen molar-refractivity contribution in [3.8, 4) is 5.75 Å². The van der Waals surface area contributed by atoms with Crippen molar-refractivity contribution in [1.29, 1.82) is 0 Å². The third kappa shape index (κ3) is 3.57. The van der Waals surface area contributed by atoms with E-state index < -0.39 is 0 Å². The fourth-order valence-corrected chi connectivity index (χ4v) is 3.18. The van der Waals surface area contributed by atoms with Gasteiger partial charge in [0.25, 0.3) is 0 Å². The number of hydrogen-bond donors (Lipinski definition) is 1. The number of nitrogen functional groups attached to an aromatic ring is 1. The van der Waals surface area contributed by atoms with Crippen molar-refractivity contribution in [3.63, 3.8) is 0 Å². The SMILES string of the molecule is Nc1cc(Cl)cc(COc2c(Br)cccc2Br)c1Cl. The van der Waals surface area contributed by atoms with Gasteiger partial charge in [0.2, 0.25) is 0 Å². The molecule has 0 atom stereocenters. The van der Waals surface area contributed by atoms with Crippen LogP contribution in [0, 0.1) is 0 Å². The number of halogens is 4. The lowest BCUT2D eigenvalue weighted by molar-refractivity contribution is 0.302. The average Bonchev–Trinajstić information content (AvgIpc) is 2.34. The molecule has 0 radical (unpaired) electrons.